The van der Waals surface area contributed by atoms with Crippen LogP contribution in [0.5, 0.6) is 0 Å². The molecule has 2 aromatic carbocycles. The first-order valence-corrected chi connectivity index (χ1v) is 8.71. The average Bonchev–Trinajstić information content (AvgIpc) is 2.48. The van der Waals surface area contributed by atoms with Gasteiger partial charge in [-0.25, -0.2) is 0 Å². The van der Waals surface area contributed by atoms with Crippen molar-refractivity contribution in [3.8, 4) is 11.1 Å². The van der Waals surface area contributed by atoms with E-state index >= 15 is 0 Å². The summed E-state index contributed by atoms with van der Waals surface area (Å²) >= 11 is 0. The Kier molecular flexibility index (Phi) is 5.35. The van der Waals surface area contributed by atoms with E-state index < -0.39 is 7.60 Å². The molecule has 3 nitrogen and oxygen atoms in total. The summed E-state index contributed by atoms with van der Waals surface area (Å²) in [5.41, 5.74) is 3.08. The van der Waals surface area contributed by atoms with E-state index in [1.165, 1.54) is 0 Å². The molecule has 0 saturated carbocycles. The van der Waals surface area contributed by atoms with Gasteiger partial charge in [-0.15, -0.1) is 0 Å². The number of rotatable bonds is 6. The second-order valence-electron chi connectivity index (χ2n) is 4.67. The van der Waals surface area contributed by atoms with Crippen LogP contribution < -0.4 is 5.30 Å². The normalized spacial score (nSPS) is 11.6. The fourth-order valence-electron chi connectivity index (χ4n) is 2.33. The summed E-state index contributed by atoms with van der Waals surface area (Å²) in [5.74, 6) is 0. The summed E-state index contributed by atoms with van der Waals surface area (Å²) < 4.78 is 24.1. The molecule has 21 heavy (non-hydrogen) atoms. The van der Waals surface area contributed by atoms with Gasteiger partial charge in [-0.1, -0.05) is 42.5 Å². The molecule has 0 amide bonds. The lowest BCUT2D eigenvalue weighted by Crippen LogP contribution is -2.13. The first-order valence-electron chi connectivity index (χ1n) is 7.17. The van der Waals surface area contributed by atoms with E-state index in [4.69, 9.17) is 9.05 Å². The third kappa shape index (κ3) is 3.44. The van der Waals surface area contributed by atoms with Crippen LogP contribution in [-0.2, 0) is 13.6 Å². The van der Waals surface area contributed by atoms with Crippen LogP contribution >= 0.6 is 7.60 Å². The highest BCUT2D eigenvalue weighted by Gasteiger charge is 2.29. The third-order valence-electron chi connectivity index (χ3n) is 3.23. The van der Waals surface area contributed by atoms with Gasteiger partial charge in [0, 0.05) is 0 Å². The molecule has 0 radical (unpaired) electrons. The molecule has 112 valence electrons. The van der Waals surface area contributed by atoms with Crippen molar-refractivity contribution in [1.82, 2.24) is 0 Å². The van der Waals surface area contributed by atoms with Crippen molar-refractivity contribution in [1.29, 1.82) is 0 Å². The highest BCUT2D eigenvalue weighted by atomic mass is 31.2. The Morgan fingerprint density at radius 2 is 1.38 bits per heavy atom. The van der Waals surface area contributed by atoms with Gasteiger partial charge < -0.3 is 9.05 Å². The Morgan fingerprint density at radius 1 is 0.857 bits per heavy atom. The van der Waals surface area contributed by atoms with E-state index in [0.29, 0.717) is 18.5 Å². The number of hydrogen-bond acceptors (Lipinski definition) is 3. The van der Waals surface area contributed by atoms with Crippen LogP contribution in [0.1, 0.15) is 19.4 Å². The number of aryl methyl sites for hydroxylation is 1. The molecule has 0 aliphatic rings. The van der Waals surface area contributed by atoms with Crippen LogP contribution in [0.15, 0.2) is 48.5 Å². The summed E-state index contributed by atoms with van der Waals surface area (Å²) in [5, 5.41) is 0.628. The first kappa shape index (κ1) is 16.0. The van der Waals surface area contributed by atoms with E-state index in [0.717, 1.165) is 16.7 Å². The lowest BCUT2D eigenvalue weighted by Gasteiger charge is -2.20. The Labute approximate surface area is 126 Å². The minimum Gasteiger partial charge on any atom is -0.305 e. The maximum absolute atomic E-state index is 13.1. The summed E-state index contributed by atoms with van der Waals surface area (Å²) in [7, 11) is -3.29. The molecular weight excluding hydrogens is 283 g/mol. The van der Waals surface area contributed by atoms with E-state index in [1.807, 2.05) is 69.3 Å². The van der Waals surface area contributed by atoms with Gasteiger partial charge in [-0.05, 0) is 43.5 Å². The highest BCUT2D eigenvalue weighted by molar-refractivity contribution is 7.62. The molecule has 4 heteroatoms. The smallest absolute Gasteiger partial charge is 0.305 e. The molecule has 0 atom stereocenters. The first-order chi connectivity index (χ1) is 10.1. The molecule has 0 fully saturated rings. The monoisotopic (exact) mass is 304 g/mol. The molecule has 2 aromatic rings. The predicted molar refractivity (Wildman–Crippen MR) is 87.1 cm³/mol. The molecule has 0 heterocycles. The zero-order valence-corrected chi connectivity index (χ0v) is 13.6. The number of benzene rings is 2. The predicted octanol–water partition coefficient (Wildman–Crippen LogP) is 4.55. The van der Waals surface area contributed by atoms with E-state index in [9.17, 15) is 4.57 Å². The van der Waals surface area contributed by atoms with Gasteiger partial charge in [0.2, 0.25) is 0 Å². The van der Waals surface area contributed by atoms with Crippen molar-refractivity contribution in [2.45, 2.75) is 20.8 Å². The van der Waals surface area contributed by atoms with E-state index in [-0.39, 0.29) is 0 Å². The fourth-order valence-corrected chi connectivity index (χ4v) is 4.12. The van der Waals surface area contributed by atoms with Gasteiger partial charge in [0.25, 0.3) is 0 Å². The third-order valence-corrected chi connectivity index (χ3v) is 5.41. The Bertz CT molecular complexity index is 642. The van der Waals surface area contributed by atoms with Crippen molar-refractivity contribution in [3.63, 3.8) is 0 Å². The summed E-state index contributed by atoms with van der Waals surface area (Å²) in [6, 6.07) is 15.6. The summed E-state index contributed by atoms with van der Waals surface area (Å²) in [6.45, 7) is 6.38. The lowest BCUT2D eigenvalue weighted by atomic mass is 10.0. The van der Waals surface area contributed by atoms with Gasteiger partial charge in [-0.3, -0.25) is 4.57 Å². The van der Waals surface area contributed by atoms with Crippen LogP contribution in [0, 0.1) is 6.92 Å². The molecule has 0 bridgehead atoms. The standard InChI is InChI=1S/C17H21O3P/c1-4-19-21(18,20-5-2)17-13-9-8-12-16(17)15-11-7-6-10-14(15)3/h6-13H,4-5H2,1-3H3. The maximum atomic E-state index is 13.1. The quantitative estimate of drug-likeness (QED) is 0.734. The van der Waals surface area contributed by atoms with Crippen LogP contribution in [0.2, 0.25) is 0 Å². The van der Waals surface area contributed by atoms with Crippen LogP contribution in [-0.4, -0.2) is 13.2 Å². The van der Waals surface area contributed by atoms with Crippen molar-refractivity contribution in [3.05, 3.63) is 54.1 Å². The highest BCUT2D eigenvalue weighted by Crippen LogP contribution is 2.49. The molecule has 0 saturated heterocycles. The summed E-state index contributed by atoms with van der Waals surface area (Å²) in [4.78, 5) is 0. The molecule has 0 spiro atoms. The Morgan fingerprint density at radius 3 is 1.95 bits per heavy atom. The van der Waals surface area contributed by atoms with Crippen molar-refractivity contribution in [2.24, 2.45) is 0 Å². The van der Waals surface area contributed by atoms with E-state index in [1.54, 1.807) is 0 Å². The van der Waals surface area contributed by atoms with Gasteiger partial charge in [0.05, 0.1) is 18.5 Å². The van der Waals surface area contributed by atoms with Gasteiger partial charge in [0.15, 0.2) is 0 Å². The fraction of sp³-hybridized carbons (Fsp3) is 0.294. The summed E-state index contributed by atoms with van der Waals surface area (Å²) in [6.07, 6.45) is 0. The van der Waals surface area contributed by atoms with Crippen molar-refractivity contribution in [2.75, 3.05) is 13.2 Å². The molecule has 0 aromatic heterocycles. The van der Waals surface area contributed by atoms with Crippen molar-refractivity contribution < 1.29 is 13.6 Å². The molecule has 0 N–H and O–H groups in total. The minimum absolute atomic E-state index is 0.347. The van der Waals surface area contributed by atoms with Gasteiger partial charge >= 0.3 is 7.60 Å². The van der Waals surface area contributed by atoms with Gasteiger partial charge in [-0.2, -0.15) is 0 Å². The van der Waals surface area contributed by atoms with Crippen LogP contribution in [0.3, 0.4) is 0 Å². The van der Waals surface area contributed by atoms with Gasteiger partial charge in [0.1, 0.15) is 0 Å². The number of hydrogen-bond donors (Lipinski definition) is 0. The molecule has 2 rings (SSSR count). The largest absolute Gasteiger partial charge is 0.361 e. The zero-order valence-electron chi connectivity index (χ0n) is 12.7. The second kappa shape index (κ2) is 7.04. The lowest BCUT2D eigenvalue weighted by molar-refractivity contribution is 0.230. The van der Waals surface area contributed by atoms with E-state index in [2.05, 4.69) is 0 Å². The minimum atomic E-state index is -3.29. The Balaban J connectivity index is 2.60. The maximum Gasteiger partial charge on any atom is 0.361 e. The zero-order chi connectivity index (χ0) is 15.3. The molecule has 0 aliphatic carbocycles. The van der Waals surface area contributed by atoms with Crippen molar-refractivity contribution >= 4 is 12.9 Å². The Hall–Kier alpha value is -1.41. The molecule has 0 aliphatic heterocycles. The molecule has 0 unspecified atom stereocenters. The molecular formula is C17H21O3P. The van der Waals surface area contributed by atoms with Crippen LogP contribution in [0.4, 0.5) is 0 Å². The SMILES string of the molecule is CCOP(=O)(OCC)c1ccccc1-c1ccccc1C. The average molecular weight is 304 g/mol. The second-order valence-corrected chi connectivity index (χ2v) is 6.66. The topological polar surface area (TPSA) is 35.5 Å². The van der Waals surface area contributed by atoms with Crippen LogP contribution in [0.25, 0.3) is 11.1 Å².